The van der Waals surface area contributed by atoms with E-state index >= 15 is 0 Å². The Morgan fingerprint density at radius 2 is 1.54 bits per heavy atom. The van der Waals surface area contributed by atoms with Gasteiger partial charge in [-0.05, 0) is 68.4 Å². The molecule has 0 unspecified atom stereocenters. The van der Waals surface area contributed by atoms with E-state index in [-0.39, 0.29) is 28.6 Å². The third kappa shape index (κ3) is 5.25. The standard InChI is InChI=1S/C28H25N3O6/c1-17(2)30(21-7-5-4-6-8-21)25(33)16-37-28(36)19-9-14-23-24(15-19)27(35)31(26(23)34)22-12-10-20(11-13-22)29-18(3)32/h4-15,17H,16H2,1-3H3,(H,29,32). The van der Waals surface area contributed by atoms with Crippen molar-refractivity contribution in [1.29, 1.82) is 0 Å². The molecular formula is C28H25N3O6. The van der Waals surface area contributed by atoms with Crippen LogP contribution in [0.1, 0.15) is 51.8 Å². The maximum absolute atomic E-state index is 13.1. The highest BCUT2D eigenvalue weighted by Gasteiger charge is 2.37. The molecule has 0 fully saturated rings. The van der Waals surface area contributed by atoms with Gasteiger partial charge in [0.25, 0.3) is 17.7 Å². The second kappa shape index (κ2) is 10.4. The largest absolute Gasteiger partial charge is 0.452 e. The van der Waals surface area contributed by atoms with Gasteiger partial charge in [0.15, 0.2) is 6.61 Å². The van der Waals surface area contributed by atoms with Crippen LogP contribution in [0.25, 0.3) is 0 Å². The Kier molecular flexibility index (Phi) is 7.15. The van der Waals surface area contributed by atoms with Crippen LogP contribution in [0, 0.1) is 0 Å². The molecule has 0 aliphatic carbocycles. The van der Waals surface area contributed by atoms with Crippen molar-refractivity contribution in [3.63, 3.8) is 0 Å². The van der Waals surface area contributed by atoms with E-state index < -0.39 is 30.3 Å². The van der Waals surface area contributed by atoms with Crippen LogP contribution in [0.5, 0.6) is 0 Å². The van der Waals surface area contributed by atoms with Crippen molar-refractivity contribution in [3.05, 3.63) is 89.5 Å². The zero-order valence-corrected chi connectivity index (χ0v) is 20.6. The highest BCUT2D eigenvalue weighted by molar-refractivity contribution is 6.34. The Morgan fingerprint density at radius 3 is 2.16 bits per heavy atom. The summed E-state index contributed by atoms with van der Waals surface area (Å²) >= 11 is 0. The van der Waals surface area contributed by atoms with E-state index in [9.17, 15) is 24.0 Å². The molecule has 3 aromatic carbocycles. The fourth-order valence-corrected chi connectivity index (χ4v) is 4.10. The number of para-hydroxylation sites is 1. The zero-order valence-electron chi connectivity index (χ0n) is 20.6. The number of ether oxygens (including phenoxy) is 1. The lowest BCUT2D eigenvalue weighted by molar-refractivity contribution is -0.122. The first kappa shape index (κ1) is 25.3. The number of imide groups is 1. The molecule has 0 saturated carbocycles. The summed E-state index contributed by atoms with van der Waals surface area (Å²) in [5, 5.41) is 2.62. The Morgan fingerprint density at radius 1 is 0.892 bits per heavy atom. The van der Waals surface area contributed by atoms with Crippen LogP contribution in [0.2, 0.25) is 0 Å². The summed E-state index contributed by atoms with van der Waals surface area (Å²) in [6, 6.07) is 19.2. The number of anilines is 3. The number of benzene rings is 3. The number of nitrogens with one attached hydrogen (secondary N) is 1. The molecule has 9 nitrogen and oxygen atoms in total. The van der Waals surface area contributed by atoms with Crippen molar-refractivity contribution in [2.75, 3.05) is 21.7 Å². The van der Waals surface area contributed by atoms with Gasteiger partial charge in [0, 0.05) is 24.3 Å². The molecule has 188 valence electrons. The summed E-state index contributed by atoms with van der Waals surface area (Å²) in [4.78, 5) is 65.2. The van der Waals surface area contributed by atoms with Gasteiger partial charge in [-0.3, -0.25) is 19.2 Å². The molecule has 0 spiro atoms. The van der Waals surface area contributed by atoms with E-state index in [1.807, 2.05) is 32.0 Å². The van der Waals surface area contributed by atoms with E-state index in [0.29, 0.717) is 17.1 Å². The second-order valence-corrected chi connectivity index (χ2v) is 8.70. The molecule has 3 aromatic rings. The van der Waals surface area contributed by atoms with Crippen molar-refractivity contribution in [2.45, 2.75) is 26.8 Å². The Balaban J connectivity index is 1.47. The Bertz CT molecular complexity index is 1380. The predicted octanol–water partition coefficient (Wildman–Crippen LogP) is 4.04. The quantitative estimate of drug-likeness (QED) is 0.388. The summed E-state index contributed by atoms with van der Waals surface area (Å²) in [5.41, 5.74) is 1.79. The minimum Gasteiger partial charge on any atom is -0.452 e. The molecule has 1 aliphatic rings. The number of hydrogen-bond donors (Lipinski definition) is 1. The van der Waals surface area contributed by atoms with E-state index in [2.05, 4.69) is 5.32 Å². The minimum atomic E-state index is -0.786. The van der Waals surface area contributed by atoms with E-state index in [1.165, 1.54) is 30.0 Å². The molecule has 0 saturated heterocycles. The molecule has 1 aliphatic heterocycles. The molecule has 0 aromatic heterocycles. The molecule has 0 radical (unpaired) electrons. The Labute approximate surface area is 213 Å². The van der Waals surface area contributed by atoms with Crippen molar-refractivity contribution in [1.82, 2.24) is 0 Å². The molecule has 4 amide bonds. The second-order valence-electron chi connectivity index (χ2n) is 8.70. The zero-order chi connectivity index (χ0) is 26.7. The molecule has 0 atom stereocenters. The summed E-state index contributed by atoms with van der Waals surface area (Å²) < 4.78 is 5.25. The number of hydrogen-bond acceptors (Lipinski definition) is 6. The fraction of sp³-hybridized carbons (Fsp3) is 0.179. The first-order chi connectivity index (χ1) is 17.7. The highest BCUT2D eigenvalue weighted by atomic mass is 16.5. The lowest BCUT2D eigenvalue weighted by atomic mass is 10.1. The maximum atomic E-state index is 13.1. The van der Waals surface area contributed by atoms with E-state index in [0.717, 1.165) is 4.90 Å². The van der Waals surface area contributed by atoms with Crippen LogP contribution in [0.4, 0.5) is 17.1 Å². The van der Waals surface area contributed by atoms with Gasteiger partial charge in [-0.2, -0.15) is 0 Å². The van der Waals surface area contributed by atoms with Crippen LogP contribution in [-0.4, -0.2) is 42.2 Å². The first-order valence-corrected chi connectivity index (χ1v) is 11.6. The third-order valence-corrected chi connectivity index (χ3v) is 5.71. The van der Waals surface area contributed by atoms with Gasteiger partial charge >= 0.3 is 5.97 Å². The summed E-state index contributed by atoms with van der Waals surface area (Å²) in [6.45, 7) is 4.60. The van der Waals surface area contributed by atoms with Gasteiger partial charge in [0.1, 0.15) is 0 Å². The number of esters is 1. The fourth-order valence-electron chi connectivity index (χ4n) is 4.10. The van der Waals surface area contributed by atoms with E-state index in [4.69, 9.17) is 4.74 Å². The van der Waals surface area contributed by atoms with E-state index in [1.54, 1.807) is 36.4 Å². The molecule has 9 heteroatoms. The van der Waals surface area contributed by atoms with Crippen LogP contribution >= 0.6 is 0 Å². The number of amides is 4. The van der Waals surface area contributed by atoms with Crippen molar-refractivity contribution in [3.8, 4) is 0 Å². The van der Waals surface area contributed by atoms with Crippen LogP contribution in [-0.2, 0) is 14.3 Å². The topological polar surface area (TPSA) is 113 Å². The maximum Gasteiger partial charge on any atom is 0.338 e. The molecule has 4 rings (SSSR count). The van der Waals surface area contributed by atoms with Crippen LogP contribution in [0.3, 0.4) is 0 Å². The van der Waals surface area contributed by atoms with Gasteiger partial charge in [-0.25, -0.2) is 9.69 Å². The Hall–Kier alpha value is -4.79. The lowest BCUT2D eigenvalue weighted by Crippen LogP contribution is -2.39. The molecular weight excluding hydrogens is 474 g/mol. The average Bonchev–Trinajstić information content (AvgIpc) is 3.12. The van der Waals surface area contributed by atoms with Crippen molar-refractivity contribution < 1.29 is 28.7 Å². The molecule has 37 heavy (non-hydrogen) atoms. The van der Waals surface area contributed by atoms with Crippen molar-refractivity contribution in [2.24, 2.45) is 0 Å². The minimum absolute atomic E-state index is 0.0476. The average molecular weight is 500 g/mol. The number of rotatable bonds is 7. The van der Waals surface area contributed by atoms with Gasteiger partial charge < -0.3 is 15.0 Å². The number of nitrogens with zero attached hydrogens (tertiary/aromatic N) is 2. The van der Waals surface area contributed by atoms with Gasteiger partial charge in [-0.15, -0.1) is 0 Å². The van der Waals surface area contributed by atoms with Crippen molar-refractivity contribution >= 4 is 46.7 Å². The highest BCUT2D eigenvalue weighted by Crippen LogP contribution is 2.30. The first-order valence-electron chi connectivity index (χ1n) is 11.6. The molecule has 1 heterocycles. The SMILES string of the molecule is CC(=O)Nc1ccc(N2C(=O)c3ccc(C(=O)OCC(=O)N(c4ccccc4)C(C)C)cc3C2=O)cc1. The lowest BCUT2D eigenvalue weighted by Gasteiger charge is -2.26. The van der Waals surface area contributed by atoms with Crippen LogP contribution in [0.15, 0.2) is 72.8 Å². The molecule has 0 bridgehead atoms. The van der Waals surface area contributed by atoms with Gasteiger partial charge in [-0.1, -0.05) is 18.2 Å². The smallest absolute Gasteiger partial charge is 0.338 e. The molecule has 1 N–H and O–H groups in total. The number of fused-ring (bicyclic) bond motifs is 1. The van der Waals surface area contributed by atoms with Gasteiger partial charge in [0.05, 0.1) is 22.4 Å². The summed E-state index contributed by atoms with van der Waals surface area (Å²) in [5.74, 6) is -2.54. The summed E-state index contributed by atoms with van der Waals surface area (Å²) in [6.07, 6.45) is 0. The monoisotopic (exact) mass is 499 g/mol. The third-order valence-electron chi connectivity index (χ3n) is 5.71. The number of carbonyl (C=O) groups is 5. The number of carbonyl (C=O) groups excluding carboxylic acids is 5. The summed E-state index contributed by atoms with van der Waals surface area (Å²) in [7, 11) is 0. The van der Waals surface area contributed by atoms with Gasteiger partial charge in [0.2, 0.25) is 5.91 Å². The van der Waals surface area contributed by atoms with Crippen LogP contribution < -0.4 is 15.1 Å². The normalized spacial score (nSPS) is 12.4. The predicted molar refractivity (Wildman–Crippen MR) is 138 cm³/mol.